The predicted octanol–water partition coefficient (Wildman–Crippen LogP) is 2.05. The van der Waals surface area contributed by atoms with Crippen molar-refractivity contribution in [3.8, 4) is 11.5 Å². The van der Waals surface area contributed by atoms with Gasteiger partial charge >= 0.3 is 0 Å². The quantitative estimate of drug-likeness (QED) is 0.884. The third kappa shape index (κ3) is 3.13. The summed E-state index contributed by atoms with van der Waals surface area (Å²) < 4.78 is 5.49. The monoisotopic (exact) mass is 354 g/mol. The van der Waals surface area contributed by atoms with Crippen molar-refractivity contribution in [2.45, 2.75) is 25.0 Å². The highest BCUT2D eigenvalue weighted by Crippen LogP contribution is 2.33. The molecule has 1 fully saturated rings. The number of anilines is 1. The average molecular weight is 354 g/mol. The first-order valence-electron chi connectivity index (χ1n) is 9.27. The Bertz CT molecular complexity index is 772. The van der Waals surface area contributed by atoms with Gasteiger partial charge in [0, 0.05) is 38.6 Å². The summed E-state index contributed by atoms with van der Waals surface area (Å²) in [5, 5.41) is 20.9. The Morgan fingerprint density at radius 3 is 2.50 bits per heavy atom. The number of rotatable bonds is 3. The Labute approximate surface area is 154 Å². The maximum absolute atomic E-state index is 10.7. The molecule has 0 saturated carbocycles. The maximum atomic E-state index is 10.7. The summed E-state index contributed by atoms with van der Waals surface area (Å²) in [6.07, 6.45) is 0.931. The molecule has 0 bridgehead atoms. The molecule has 0 spiro atoms. The Morgan fingerprint density at radius 1 is 0.962 bits per heavy atom. The molecule has 2 unspecified atom stereocenters. The minimum Gasteiger partial charge on any atom is -0.508 e. The van der Waals surface area contributed by atoms with Crippen molar-refractivity contribution in [1.82, 2.24) is 4.90 Å². The highest BCUT2D eigenvalue weighted by molar-refractivity contribution is 5.58. The van der Waals surface area contributed by atoms with E-state index in [9.17, 15) is 10.2 Å². The molecular weight excluding hydrogens is 328 g/mol. The van der Waals surface area contributed by atoms with Gasteiger partial charge in [0.25, 0.3) is 0 Å². The van der Waals surface area contributed by atoms with Crippen LogP contribution < -0.4 is 9.64 Å². The fourth-order valence-electron chi connectivity index (χ4n) is 4.31. The number of benzene rings is 2. The molecule has 1 aliphatic heterocycles. The van der Waals surface area contributed by atoms with Crippen LogP contribution in [-0.2, 0) is 12.8 Å². The van der Waals surface area contributed by atoms with E-state index in [0.29, 0.717) is 18.6 Å². The molecule has 0 radical (unpaired) electrons. The molecule has 1 aliphatic carbocycles. The fraction of sp³-hybridized carbons (Fsp3) is 0.429. The van der Waals surface area contributed by atoms with Gasteiger partial charge in [0.1, 0.15) is 11.5 Å². The molecule has 5 heteroatoms. The van der Waals surface area contributed by atoms with Crippen molar-refractivity contribution < 1.29 is 14.9 Å². The minimum absolute atomic E-state index is 0.0654. The van der Waals surface area contributed by atoms with Gasteiger partial charge in [-0.05, 0) is 35.7 Å². The molecule has 2 aromatic carbocycles. The highest BCUT2D eigenvalue weighted by atomic mass is 16.5. The van der Waals surface area contributed by atoms with E-state index in [1.807, 2.05) is 30.3 Å². The largest absolute Gasteiger partial charge is 0.508 e. The lowest BCUT2D eigenvalue weighted by Gasteiger charge is -2.43. The van der Waals surface area contributed by atoms with Gasteiger partial charge in [-0.1, -0.05) is 24.3 Å². The van der Waals surface area contributed by atoms with Gasteiger partial charge in [-0.25, -0.2) is 0 Å². The molecule has 26 heavy (non-hydrogen) atoms. The average Bonchev–Trinajstić information content (AvgIpc) is 2.68. The van der Waals surface area contributed by atoms with Gasteiger partial charge in [-0.2, -0.15) is 0 Å². The second-order valence-electron chi connectivity index (χ2n) is 7.15. The van der Waals surface area contributed by atoms with Crippen LogP contribution in [0.15, 0.2) is 42.5 Å². The van der Waals surface area contributed by atoms with Crippen molar-refractivity contribution in [2.75, 3.05) is 38.2 Å². The number of phenolic OH excluding ortho intramolecular Hbond substituents is 1. The summed E-state index contributed by atoms with van der Waals surface area (Å²) in [6.45, 7) is 3.58. The number of nitrogens with zero attached hydrogens (tertiary/aromatic N) is 2. The van der Waals surface area contributed by atoms with Crippen molar-refractivity contribution in [2.24, 2.45) is 0 Å². The zero-order chi connectivity index (χ0) is 18.1. The summed E-state index contributed by atoms with van der Waals surface area (Å²) in [6, 6.07) is 13.8. The lowest BCUT2D eigenvalue weighted by atomic mass is 9.84. The highest BCUT2D eigenvalue weighted by Gasteiger charge is 2.34. The van der Waals surface area contributed by atoms with Gasteiger partial charge in [-0.15, -0.1) is 0 Å². The van der Waals surface area contributed by atoms with Gasteiger partial charge in [0.2, 0.25) is 0 Å². The van der Waals surface area contributed by atoms with E-state index in [-0.39, 0.29) is 12.1 Å². The predicted molar refractivity (Wildman–Crippen MR) is 102 cm³/mol. The topological polar surface area (TPSA) is 56.2 Å². The number of aliphatic hydroxyl groups excluding tert-OH is 1. The zero-order valence-corrected chi connectivity index (χ0v) is 15.1. The van der Waals surface area contributed by atoms with E-state index >= 15 is 0 Å². The number of hydrogen-bond acceptors (Lipinski definition) is 5. The molecule has 5 nitrogen and oxygen atoms in total. The van der Waals surface area contributed by atoms with E-state index in [2.05, 4.69) is 15.9 Å². The van der Waals surface area contributed by atoms with E-state index < -0.39 is 0 Å². The maximum Gasteiger partial charge on any atom is 0.142 e. The standard InChI is InChI=1S/C21H26N2O3/c1-26-21-8-3-2-6-17(21)22-9-11-23(12-10-22)18-14-16-15(13-20(18)25)5-4-7-19(16)24/h2-8,18,20,24-25H,9-14H2,1H3. The minimum atomic E-state index is -0.387. The molecule has 0 amide bonds. The third-order valence-electron chi connectivity index (χ3n) is 5.74. The van der Waals surface area contributed by atoms with Crippen LogP contribution >= 0.6 is 0 Å². The summed E-state index contributed by atoms with van der Waals surface area (Å²) in [5.74, 6) is 1.25. The van der Waals surface area contributed by atoms with Crippen LogP contribution in [0.1, 0.15) is 11.1 Å². The van der Waals surface area contributed by atoms with Crippen LogP contribution in [0.4, 0.5) is 5.69 Å². The summed E-state index contributed by atoms with van der Waals surface area (Å²) >= 11 is 0. The van der Waals surface area contributed by atoms with Crippen molar-refractivity contribution in [3.05, 3.63) is 53.6 Å². The lowest BCUT2D eigenvalue weighted by molar-refractivity contribution is 0.0390. The Morgan fingerprint density at radius 2 is 1.73 bits per heavy atom. The van der Waals surface area contributed by atoms with Gasteiger partial charge in [0.05, 0.1) is 18.9 Å². The summed E-state index contributed by atoms with van der Waals surface area (Å²) in [7, 11) is 1.71. The fourth-order valence-corrected chi connectivity index (χ4v) is 4.31. The van der Waals surface area contributed by atoms with E-state index in [1.54, 1.807) is 13.2 Å². The van der Waals surface area contributed by atoms with Crippen LogP contribution in [0, 0.1) is 0 Å². The number of piperazine rings is 1. The van der Waals surface area contributed by atoms with Crippen molar-refractivity contribution >= 4 is 5.69 Å². The third-order valence-corrected chi connectivity index (χ3v) is 5.74. The SMILES string of the molecule is COc1ccccc1N1CCN(C2Cc3c(O)cccc3CC2O)CC1. The second-order valence-corrected chi connectivity index (χ2v) is 7.15. The number of aromatic hydroxyl groups is 1. The molecule has 1 heterocycles. The van der Waals surface area contributed by atoms with Crippen LogP contribution in [0.25, 0.3) is 0 Å². The number of aliphatic hydroxyl groups is 1. The van der Waals surface area contributed by atoms with Gasteiger partial charge in [0.15, 0.2) is 0 Å². The summed E-state index contributed by atoms with van der Waals surface area (Å²) in [5.41, 5.74) is 3.19. The van der Waals surface area contributed by atoms with Gasteiger partial charge < -0.3 is 19.8 Å². The molecule has 1 saturated heterocycles. The first-order chi connectivity index (χ1) is 12.7. The number of methoxy groups -OCH3 is 1. The molecule has 0 aromatic heterocycles. The second kappa shape index (κ2) is 7.17. The lowest BCUT2D eigenvalue weighted by Crippen LogP contribution is -2.56. The number of hydrogen-bond donors (Lipinski definition) is 2. The first kappa shape index (κ1) is 17.2. The molecule has 2 atom stereocenters. The Balaban J connectivity index is 1.46. The Hall–Kier alpha value is -2.24. The number of para-hydroxylation sites is 2. The van der Waals surface area contributed by atoms with Crippen LogP contribution in [0.2, 0.25) is 0 Å². The van der Waals surface area contributed by atoms with Crippen molar-refractivity contribution in [1.29, 1.82) is 0 Å². The Kier molecular flexibility index (Phi) is 4.74. The van der Waals surface area contributed by atoms with Crippen LogP contribution in [0.3, 0.4) is 0 Å². The van der Waals surface area contributed by atoms with E-state index in [0.717, 1.165) is 48.7 Å². The molecular formula is C21H26N2O3. The molecule has 2 N–H and O–H groups in total. The summed E-state index contributed by atoms with van der Waals surface area (Å²) in [4.78, 5) is 4.71. The molecule has 2 aromatic rings. The molecule has 138 valence electrons. The molecule has 2 aliphatic rings. The van der Waals surface area contributed by atoms with E-state index in [1.165, 1.54) is 0 Å². The van der Waals surface area contributed by atoms with Gasteiger partial charge in [-0.3, -0.25) is 4.90 Å². The molecule has 4 rings (SSSR count). The number of ether oxygens (including phenoxy) is 1. The first-order valence-corrected chi connectivity index (χ1v) is 9.27. The van der Waals surface area contributed by atoms with Crippen LogP contribution in [-0.4, -0.2) is 60.5 Å². The van der Waals surface area contributed by atoms with E-state index in [4.69, 9.17) is 4.74 Å². The smallest absolute Gasteiger partial charge is 0.142 e. The van der Waals surface area contributed by atoms with Crippen LogP contribution in [0.5, 0.6) is 11.5 Å². The number of phenols is 1. The van der Waals surface area contributed by atoms with Crippen molar-refractivity contribution in [3.63, 3.8) is 0 Å². The normalized spacial score (nSPS) is 23.5. The number of fused-ring (bicyclic) bond motifs is 1. The zero-order valence-electron chi connectivity index (χ0n) is 15.1.